The number of carbonyl (C=O) groups is 1. The Labute approximate surface area is 148 Å². The number of carbonyl (C=O) groups excluding carboxylic acids is 1. The number of rotatable bonds is 4. The van der Waals surface area contributed by atoms with Gasteiger partial charge in [-0.3, -0.25) is 4.79 Å². The first-order chi connectivity index (χ1) is 9.86. The molecular formula is C14H12Br2ClNO2S. The van der Waals surface area contributed by atoms with E-state index in [2.05, 4.69) is 37.2 Å². The van der Waals surface area contributed by atoms with E-state index in [1.807, 2.05) is 13.8 Å². The standard InChI is InChI=1S/C14H12Br2ClNO2S/c1-7(2)20-11-4-3-8(5-10(11)17)18-14(19)9-6-12(15)21-13(9)16/h3-7H,1-2H3,(H,18,19). The summed E-state index contributed by atoms with van der Waals surface area (Å²) in [5.41, 5.74) is 1.20. The maximum atomic E-state index is 12.2. The van der Waals surface area contributed by atoms with Gasteiger partial charge in [0.15, 0.2) is 0 Å². The average molecular weight is 454 g/mol. The monoisotopic (exact) mass is 451 g/mol. The Kier molecular flexibility index (Phi) is 5.71. The van der Waals surface area contributed by atoms with E-state index in [-0.39, 0.29) is 12.0 Å². The quantitative estimate of drug-likeness (QED) is 0.620. The predicted octanol–water partition coefficient (Wildman–Crippen LogP) is 5.97. The lowest BCUT2D eigenvalue weighted by atomic mass is 10.2. The van der Waals surface area contributed by atoms with Crippen molar-refractivity contribution in [1.29, 1.82) is 0 Å². The number of thiophene rings is 1. The van der Waals surface area contributed by atoms with Crippen LogP contribution in [0.1, 0.15) is 24.2 Å². The van der Waals surface area contributed by atoms with Gasteiger partial charge in [-0.1, -0.05) is 11.6 Å². The molecule has 0 saturated heterocycles. The summed E-state index contributed by atoms with van der Waals surface area (Å²) in [4.78, 5) is 12.2. The van der Waals surface area contributed by atoms with Crippen LogP contribution in [-0.2, 0) is 0 Å². The van der Waals surface area contributed by atoms with Gasteiger partial charge in [-0.05, 0) is 70.0 Å². The fraction of sp³-hybridized carbons (Fsp3) is 0.214. The van der Waals surface area contributed by atoms with Crippen LogP contribution in [0.4, 0.5) is 5.69 Å². The van der Waals surface area contributed by atoms with E-state index in [1.165, 1.54) is 11.3 Å². The van der Waals surface area contributed by atoms with E-state index in [1.54, 1.807) is 24.3 Å². The number of hydrogen-bond acceptors (Lipinski definition) is 3. The van der Waals surface area contributed by atoms with Gasteiger partial charge in [0.1, 0.15) is 5.75 Å². The fourth-order valence-electron chi connectivity index (χ4n) is 1.62. The first-order valence-electron chi connectivity index (χ1n) is 6.09. The summed E-state index contributed by atoms with van der Waals surface area (Å²) < 4.78 is 7.22. The van der Waals surface area contributed by atoms with Crippen molar-refractivity contribution in [2.24, 2.45) is 0 Å². The molecule has 2 aromatic rings. The van der Waals surface area contributed by atoms with E-state index in [0.717, 1.165) is 7.57 Å². The molecule has 0 radical (unpaired) electrons. The van der Waals surface area contributed by atoms with Gasteiger partial charge in [-0.25, -0.2) is 0 Å². The molecule has 21 heavy (non-hydrogen) atoms. The van der Waals surface area contributed by atoms with Crippen molar-refractivity contribution in [2.45, 2.75) is 20.0 Å². The molecular weight excluding hydrogens is 441 g/mol. The largest absolute Gasteiger partial charge is 0.489 e. The number of amides is 1. The van der Waals surface area contributed by atoms with Crippen molar-refractivity contribution in [3.63, 3.8) is 0 Å². The zero-order valence-corrected chi connectivity index (χ0v) is 16.0. The number of nitrogens with one attached hydrogen (secondary N) is 1. The highest BCUT2D eigenvalue weighted by Crippen LogP contribution is 2.33. The lowest BCUT2D eigenvalue weighted by molar-refractivity contribution is 0.102. The smallest absolute Gasteiger partial charge is 0.257 e. The summed E-state index contributed by atoms with van der Waals surface area (Å²) in [5, 5.41) is 3.28. The first-order valence-corrected chi connectivity index (χ1v) is 8.87. The van der Waals surface area contributed by atoms with Crippen LogP contribution >= 0.6 is 54.8 Å². The molecule has 2 rings (SSSR count). The van der Waals surface area contributed by atoms with E-state index in [9.17, 15) is 4.79 Å². The van der Waals surface area contributed by atoms with Crippen molar-refractivity contribution >= 4 is 66.4 Å². The average Bonchev–Trinajstić information content (AvgIpc) is 2.71. The normalized spacial score (nSPS) is 10.8. The van der Waals surface area contributed by atoms with Gasteiger partial charge in [0.2, 0.25) is 0 Å². The number of anilines is 1. The van der Waals surface area contributed by atoms with Gasteiger partial charge in [-0.2, -0.15) is 0 Å². The maximum Gasteiger partial charge on any atom is 0.257 e. The van der Waals surface area contributed by atoms with Crippen molar-refractivity contribution in [3.8, 4) is 5.75 Å². The van der Waals surface area contributed by atoms with Crippen molar-refractivity contribution in [1.82, 2.24) is 0 Å². The molecule has 112 valence electrons. The Morgan fingerprint density at radius 2 is 2.05 bits per heavy atom. The molecule has 3 nitrogen and oxygen atoms in total. The Morgan fingerprint density at radius 3 is 2.57 bits per heavy atom. The number of benzene rings is 1. The van der Waals surface area contributed by atoms with Crippen LogP contribution in [0, 0.1) is 0 Å². The van der Waals surface area contributed by atoms with E-state index in [4.69, 9.17) is 16.3 Å². The minimum absolute atomic E-state index is 0.0436. The Morgan fingerprint density at radius 1 is 1.33 bits per heavy atom. The fourth-order valence-corrected chi connectivity index (χ4v) is 4.64. The Bertz CT molecular complexity index is 673. The molecule has 0 aliphatic carbocycles. The molecule has 0 unspecified atom stereocenters. The van der Waals surface area contributed by atoms with Crippen LogP contribution in [-0.4, -0.2) is 12.0 Å². The third kappa shape index (κ3) is 4.45. The van der Waals surface area contributed by atoms with Gasteiger partial charge >= 0.3 is 0 Å². The van der Waals surface area contributed by atoms with E-state index >= 15 is 0 Å². The summed E-state index contributed by atoms with van der Waals surface area (Å²) in [6, 6.07) is 6.95. The van der Waals surface area contributed by atoms with Gasteiger partial charge in [0.25, 0.3) is 5.91 Å². The Balaban J connectivity index is 2.15. The van der Waals surface area contributed by atoms with Crippen LogP contribution in [0.3, 0.4) is 0 Å². The molecule has 7 heteroatoms. The molecule has 1 N–H and O–H groups in total. The second kappa shape index (κ2) is 7.13. The first kappa shape index (κ1) is 16.8. The van der Waals surface area contributed by atoms with Crippen LogP contribution < -0.4 is 10.1 Å². The summed E-state index contributed by atoms with van der Waals surface area (Å²) >= 11 is 14.3. The summed E-state index contributed by atoms with van der Waals surface area (Å²) in [6.07, 6.45) is 0.0436. The molecule has 0 atom stereocenters. The van der Waals surface area contributed by atoms with Gasteiger partial charge < -0.3 is 10.1 Å². The molecule has 0 aliphatic heterocycles. The van der Waals surface area contributed by atoms with Crippen LogP contribution in [0.5, 0.6) is 5.75 Å². The molecule has 0 fully saturated rings. The molecule has 1 amide bonds. The number of ether oxygens (including phenoxy) is 1. The number of halogens is 3. The summed E-state index contributed by atoms with van der Waals surface area (Å²) in [6.45, 7) is 3.86. The second-order valence-corrected chi connectivity index (χ2v) is 8.66. The van der Waals surface area contributed by atoms with Crippen molar-refractivity contribution in [3.05, 3.63) is 42.4 Å². The lowest BCUT2D eigenvalue weighted by Crippen LogP contribution is -2.11. The highest BCUT2D eigenvalue weighted by molar-refractivity contribution is 9.12. The highest BCUT2D eigenvalue weighted by Gasteiger charge is 2.14. The zero-order valence-electron chi connectivity index (χ0n) is 11.2. The number of hydrogen-bond donors (Lipinski definition) is 1. The van der Waals surface area contributed by atoms with Crippen LogP contribution in [0.2, 0.25) is 5.02 Å². The van der Waals surface area contributed by atoms with Crippen LogP contribution in [0.25, 0.3) is 0 Å². The molecule has 0 bridgehead atoms. The molecule has 1 aromatic heterocycles. The Hall–Kier alpha value is -0.560. The maximum absolute atomic E-state index is 12.2. The van der Waals surface area contributed by atoms with Gasteiger partial charge in [-0.15, -0.1) is 11.3 Å². The minimum Gasteiger partial charge on any atom is -0.489 e. The van der Waals surface area contributed by atoms with E-state index in [0.29, 0.717) is 22.0 Å². The SMILES string of the molecule is CC(C)Oc1ccc(NC(=O)c2cc(Br)sc2Br)cc1Cl. The summed E-state index contributed by atoms with van der Waals surface area (Å²) in [7, 11) is 0. The molecule has 0 aliphatic rings. The lowest BCUT2D eigenvalue weighted by Gasteiger charge is -2.12. The van der Waals surface area contributed by atoms with Crippen molar-refractivity contribution < 1.29 is 9.53 Å². The van der Waals surface area contributed by atoms with Crippen molar-refractivity contribution in [2.75, 3.05) is 5.32 Å². The zero-order chi connectivity index (χ0) is 15.6. The molecule has 1 heterocycles. The van der Waals surface area contributed by atoms with Gasteiger partial charge in [0, 0.05) is 5.69 Å². The van der Waals surface area contributed by atoms with E-state index < -0.39 is 0 Å². The third-order valence-electron chi connectivity index (χ3n) is 2.45. The molecule has 0 saturated carbocycles. The minimum atomic E-state index is -0.197. The van der Waals surface area contributed by atoms with Gasteiger partial charge in [0.05, 0.1) is 24.3 Å². The molecule has 1 aromatic carbocycles. The molecule has 0 spiro atoms. The second-order valence-electron chi connectivity index (χ2n) is 4.50. The highest BCUT2D eigenvalue weighted by atomic mass is 79.9. The predicted molar refractivity (Wildman–Crippen MR) is 94.9 cm³/mol. The summed E-state index contributed by atoms with van der Waals surface area (Å²) in [5.74, 6) is 0.404. The van der Waals surface area contributed by atoms with Crippen LogP contribution in [0.15, 0.2) is 31.8 Å². The third-order valence-corrected chi connectivity index (χ3v) is 5.09. The topological polar surface area (TPSA) is 38.3 Å².